The number of thiophene rings is 1. The molecule has 27 heavy (non-hydrogen) atoms. The van der Waals surface area contributed by atoms with Gasteiger partial charge in [0.15, 0.2) is 6.61 Å². The lowest BCUT2D eigenvalue weighted by atomic mass is 10.1. The van der Waals surface area contributed by atoms with Crippen molar-refractivity contribution >= 4 is 45.1 Å². The molecule has 144 valence electrons. The highest BCUT2D eigenvalue weighted by atomic mass is 79.9. The van der Waals surface area contributed by atoms with E-state index < -0.39 is 5.97 Å². The summed E-state index contributed by atoms with van der Waals surface area (Å²) in [5.41, 5.74) is 1.57. The van der Waals surface area contributed by atoms with Gasteiger partial charge in [0.25, 0.3) is 11.8 Å². The van der Waals surface area contributed by atoms with Gasteiger partial charge in [0.1, 0.15) is 0 Å². The zero-order valence-electron chi connectivity index (χ0n) is 14.9. The molecule has 2 rings (SSSR count). The molecule has 8 heteroatoms. The molecule has 1 atom stereocenters. The molecular formula is C19H21BrN2O4S. The highest BCUT2D eigenvalue weighted by Crippen LogP contribution is 2.16. The quantitative estimate of drug-likeness (QED) is 0.450. The van der Waals surface area contributed by atoms with Crippen LogP contribution >= 0.6 is 27.3 Å². The first-order valence-corrected chi connectivity index (χ1v) is 10.2. The third kappa shape index (κ3) is 7.52. The Hall–Kier alpha value is -2.19. The second kappa shape index (κ2) is 10.8. The van der Waals surface area contributed by atoms with Crippen molar-refractivity contribution in [2.75, 3.05) is 13.2 Å². The van der Waals surface area contributed by atoms with Crippen LogP contribution in [0.1, 0.15) is 41.7 Å². The Labute approximate surface area is 170 Å². The number of ether oxygens (including phenoxy) is 1. The second-order valence-electron chi connectivity index (χ2n) is 5.87. The Balaban J connectivity index is 1.59. The Kier molecular flexibility index (Phi) is 8.47. The van der Waals surface area contributed by atoms with Crippen LogP contribution in [0.3, 0.4) is 0 Å². The van der Waals surface area contributed by atoms with Gasteiger partial charge >= 0.3 is 5.97 Å². The monoisotopic (exact) mass is 452 g/mol. The van der Waals surface area contributed by atoms with Gasteiger partial charge in [-0.05, 0) is 42.5 Å². The van der Waals surface area contributed by atoms with Gasteiger partial charge in [0.2, 0.25) is 0 Å². The number of hydrogen-bond donors (Lipinski definition) is 2. The maximum Gasteiger partial charge on any atom is 0.306 e. The minimum absolute atomic E-state index is 0.138. The molecule has 0 spiro atoms. The van der Waals surface area contributed by atoms with Crippen molar-refractivity contribution in [3.63, 3.8) is 0 Å². The molecule has 0 bridgehead atoms. The van der Waals surface area contributed by atoms with E-state index in [1.165, 1.54) is 11.3 Å². The number of amides is 2. The fourth-order valence-corrected chi connectivity index (χ4v) is 3.17. The molecule has 1 aromatic heterocycles. The average Bonchev–Trinajstić information content (AvgIpc) is 3.18. The number of esters is 1. The number of carbonyl (C=O) groups is 3. The summed E-state index contributed by atoms with van der Waals surface area (Å²) in [5.74, 6) is -0.985. The van der Waals surface area contributed by atoms with E-state index in [9.17, 15) is 14.4 Å². The number of rotatable bonds is 9. The average molecular weight is 453 g/mol. The molecule has 0 saturated carbocycles. The van der Waals surface area contributed by atoms with Crippen LogP contribution in [0.4, 0.5) is 0 Å². The summed E-state index contributed by atoms with van der Waals surface area (Å²) in [4.78, 5) is 35.3. The molecule has 6 nitrogen and oxygen atoms in total. The van der Waals surface area contributed by atoms with Gasteiger partial charge < -0.3 is 15.4 Å². The maximum atomic E-state index is 11.9. The standard InChI is InChI=1S/C19H21BrN2O4S/c1-13(14-4-6-16(20)7-5-14)22-17(23)11-26-18(24)3-2-9-21-19(25)15-8-10-27-12-15/h4-8,10,12-13H,2-3,9,11H2,1H3,(H,21,25)(H,22,23). The normalized spacial score (nSPS) is 11.5. The molecular weight excluding hydrogens is 432 g/mol. The summed E-state index contributed by atoms with van der Waals surface area (Å²) in [6, 6.07) is 9.17. The lowest BCUT2D eigenvalue weighted by Crippen LogP contribution is -2.31. The molecule has 0 aliphatic rings. The summed E-state index contributed by atoms with van der Waals surface area (Å²) in [7, 11) is 0. The summed E-state index contributed by atoms with van der Waals surface area (Å²) < 4.78 is 5.93. The SMILES string of the molecule is CC(NC(=O)COC(=O)CCCNC(=O)c1ccsc1)c1ccc(Br)cc1. The smallest absolute Gasteiger partial charge is 0.306 e. The zero-order chi connectivity index (χ0) is 19.6. The van der Waals surface area contributed by atoms with Gasteiger partial charge in [0, 0.05) is 28.4 Å². The Morgan fingerprint density at radius 1 is 1.19 bits per heavy atom. The maximum absolute atomic E-state index is 11.9. The van der Waals surface area contributed by atoms with Gasteiger partial charge in [-0.3, -0.25) is 14.4 Å². The largest absolute Gasteiger partial charge is 0.456 e. The molecule has 2 amide bonds. The van der Waals surface area contributed by atoms with Crippen LogP contribution in [0.5, 0.6) is 0 Å². The molecule has 0 aliphatic heterocycles. The van der Waals surface area contributed by atoms with E-state index in [0.717, 1.165) is 10.0 Å². The fraction of sp³-hybridized carbons (Fsp3) is 0.316. The van der Waals surface area contributed by atoms with Gasteiger partial charge in [-0.2, -0.15) is 11.3 Å². The Morgan fingerprint density at radius 2 is 1.93 bits per heavy atom. The first-order valence-electron chi connectivity index (χ1n) is 8.46. The van der Waals surface area contributed by atoms with Gasteiger partial charge in [0.05, 0.1) is 6.04 Å². The zero-order valence-corrected chi connectivity index (χ0v) is 17.3. The number of carbonyl (C=O) groups excluding carboxylic acids is 3. The van der Waals surface area contributed by atoms with Gasteiger partial charge in [-0.1, -0.05) is 28.1 Å². The topological polar surface area (TPSA) is 84.5 Å². The van der Waals surface area contributed by atoms with Crippen LogP contribution in [-0.4, -0.2) is 30.9 Å². The highest BCUT2D eigenvalue weighted by molar-refractivity contribution is 9.10. The number of hydrogen-bond acceptors (Lipinski definition) is 5. The first kappa shape index (κ1) is 21.1. The van der Waals surface area contributed by atoms with Crippen LogP contribution in [0.2, 0.25) is 0 Å². The summed E-state index contributed by atoms with van der Waals surface area (Å²) in [6.45, 7) is 1.91. The molecule has 0 aliphatic carbocycles. The van der Waals surface area contributed by atoms with Crippen molar-refractivity contribution in [2.45, 2.75) is 25.8 Å². The van der Waals surface area contributed by atoms with E-state index in [2.05, 4.69) is 26.6 Å². The third-order valence-corrected chi connectivity index (χ3v) is 4.95. The van der Waals surface area contributed by atoms with Crippen molar-refractivity contribution in [3.05, 3.63) is 56.7 Å². The predicted molar refractivity (Wildman–Crippen MR) is 108 cm³/mol. The molecule has 0 saturated heterocycles. The Morgan fingerprint density at radius 3 is 2.59 bits per heavy atom. The van der Waals surface area contributed by atoms with Crippen LogP contribution < -0.4 is 10.6 Å². The van der Waals surface area contributed by atoms with Gasteiger partial charge in [-0.15, -0.1) is 0 Å². The van der Waals surface area contributed by atoms with Crippen molar-refractivity contribution in [1.82, 2.24) is 10.6 Å². The summed E-state index contributed by atoms with van der Waals surface area (Å²) in [5, 5.41) is 9.10. The fourth-order valence-electron chi connectivity index (χ4n) is 2.27. The van der Waals surface area contributed by atoms with Crippen molar-refractivity contribution in [3.8, 4) is 0 Å². The number of halogens is 1. The lowest BCUT2D eigenvalue weighted by molar-refractivity contribution is -0.148. The molecule has 1 unspecified atom stereocenters. The molecule has 2 aromatic rings. The van der Waals surface area contributed by atoms with E-state index >= 15 is 0 Å². The van der Waals surface area contributed by atoms with E-state index in [4.69, 9.17) is 4.74 Å². The van der Waals surface area contributed by atoms with E-state index in [-0.39, 0.29) is 30.9 Å². The van der Waals surface area contributed by atoms with E-state index in [1.54, 1.807) is 11.4 Å². The number of benzene rings is 1. The van der Waals surface area contributed by atoms with Crippen LogP contribution in [0.15, 0.2) is 45.6 Å². The predicted octanol–water partition coefficient (Wildman–Crippen LogP) is 3.44. The molecule has 0 fully saturated rings. The van der Waals surface area contributed by atoms with Crippen LogP contribution in [0.25, 0.3) is 0 Å². The lowest BCUT2D eigenvalue weighted by Gasteiger charge is -2.14. The molecule has 2 N–H and O–H groups in total. The van der Waals surface area contributed by atoms with Crippen LogP contribution in [0, 0.1) is 0 Å². The Bertz CT molecular complexity index is 763. The van der Waals surface area contributed by atoms with E-state index in [1.807, 2.05) is 36.6 Å². The molecule has 1 heterocycles. The highest BCUT2D eigenvalue weighted by Gasteiger charge is 2.12. The minimum atomic E-state index is -0.466. The molecule has 1 aromatic carbocycles. The third-order valence-electron chi connectivity index (χ3n) is 3.74. The van der Waals surface area contributed by atoms with E-state index in [0.29, 0.717) is 18.5 Å². The minimum Gasteiger partial charge on any atom is -0.456 e. The van der Waals surface area contributed by atoms with Crippen molar-refractivity contribution in [2.24, 2.45) is 0 Å². The summed E-state index contributed by atoms with van der Waals surface area (Å²) in [6.07, 6.45) is 0.588. The van der Waals surface area contributed by atoms with Crippen molar-refractivity contribution in [1.29, 1.82) is 0 Å². The summed E-state index contributed by atoms with van der Waals surface area (Å²) >= 11 is 4.81. The first-order chi connectivity index (χ1) is 13.0. The number of nitrogens with one attached hydrogen (secondary N) is 2. The van der Waals surface area contributed by atoms with Crippen LogP contribution in [-0.2, 0) is 14.3 Å². The van der Waals surface area contributed by atoms with Gasteiger partial charge in [-0.25, -0.2) is 0 Å². The second-order valence-corrected chi connectivity index (χ2v) is 7.57. The van der Waals surface area contributed by atoms with Crippen molar-refractivity contribution < 1.29 is 19.1 Å². The molecule has 0 radical (unpaired) electrons.